The Morgan fingerprint density at radius 3 is 1.33 bits per heavy atom. The van der Waals surface area contributed by atoms with E-state index >= 15 is 0 Å². The zero-order chi connectivity index (χ0) is 42.8. The molecule has 0 N–H and O–H groups in total. The van der Waals surface area contributed by atoms with Gasteiger partial charge in [0, 0.05) is 12.8 Å². The molecule has 0 aromatic rings. The number of likely N-dealkylation sites (N-methyl/N-ethyl adjacent to an activating group) is 1. The van der Waals surface area contributed by atoms with E-state index in [0.717, 1.165) is 32.1 Å². The predicted octanol–water partition coefficient (Wildman–Crippen LogP) is 13.5. The first-order chi connectivity index (χ1) is 28.0. The van der Waals surface area contributed by atoms with Crippen LogP contribution in [0, 0.1) is 0 Å². The number of unbranched alkanes of at least 4 members (excludes halogenated alkanes) is 29. The van der Waals surface area contributed by atoms with Gasteiger partial charge in [0.25, 0.3) is 7.82 Å². The first-order valence-corrected chi connectivity index (χ1v) is 25.9. The second-order valence-electron chi connectivity index (χ2n) is 17.8. The van der Waals surface area contributed by atoms with Gasteiger partial charge in [0.05, 0.1) is 27.7 Å². The molecule has 0 aromatic heterocycles. The highest BCUT2D eigenvalue weighted by Gasteiger charge is 2.21. The molecule has 9 nitrogen and oxygen atoms in total. The van der Waals surface area contributed by atoms with Gasteiger partial charge in [-0.1, -0.05) is 199 Å². The molecule has 58 heavy (non-hydrogen) atoms. The Kier molecular flexibility index (Phi) is 40.2. The zero-order valence-electron chi connectivity index (χ0n) is 38.8. The van der Waals surface area contributed by atoms with Crippen molar-refractivity contribution in [1.29, 1.82) is 0 Å². The summed E-state index contributed by atoms with van der Waals surface area (Å²) in [5.41, 5.74) is 0. The van der Waals surface area contributed by atoms with E-state index in [1.165, 1.54) is 167 Å². The minimum atomic E-state index is -4.62. The molecule has 0 radical (unpaired) electrons. The molecule has 0 amide bonds. The van der Waals surface area contributed by atoms with Crippen molar-refractivity contribution >= 4 is 19.8 Å². The molecule has 0 saturated carbocycles. The summed E-state index contributed by atoms with van der Waals surface area (Å²) in [7, 11) is 1.18. The van der Waals surface area contributed by atoms with E-state index in [9.17, 15) is 19.0 Å². The average Bonchev–Trinajstić information content (AvgIpc) is 3.17. The lowest BCUT2D eigenvalue weighted by molar-refractivity contribution is -0.870. The van der Waals surface area contributed by atoms with Crippen LogP contribution >= 0.6 is 7.82 Å². The van der Waals surface area contributed by atoms with Crippen LogP contribution in [0.3, 0.4) is 0 Å². The number of hydrogen-bond acceptors (Lipinski definition) is 8. The molecule has 0 aliphatic carbocycles. The number of nitrogens with zero attached hydrogens (tertiary/aromatic N) is 1. The third-order valence-corrected chi connectivity index (χ3v) is 11.7. The summed E-state index contributed by atoms with van der Waals surface area (Å²) < 4.78 is 34.0. The molecule has 0 saturated heterocycles. The Morgan fingerprint density at radius 2 is 0.897 bits per heavy atom. The van der Waals surface area contributed by atoms with Crippen molar-refractivity contribution in [2.24, 2.45) is 0 Å². The SMILES string of the molecule is CCCC/C=C/CCCCCCCCCCCC(=O)OC[C@H](COP(=O)([O-])OCC[N+](C)(C)C)OC(=O)CCCCCCCCCCCCCCCCCCCCC. The van der Waals surface area contributed by atoms with Crippen molar-refractivity contribution in [2.45, 2.75) is 238 Å². The molecule has 344 valence electrons. The Hall–Kier alpha value is -1.25. The number of phosphoric ester groups is 1. The molecule has 0 rings (SSSR count). The molecule has 0 spiro atoms. The largest absolute Gasteiger partial charge is 0.756 e. The first kappa shape index (κ1) is 56.8. The Bertz CT molecular complexity index is 1000. The van der Waals surface area contributed by atoms with E-state index in [1.54, 1.807) is 0 Å². The molecule has 2 atom stereocenters. The van der Waals surface area contributed by atoms with Crippen molar-refractivity contribution in [3.05, 3.63) is 12.2 Å². The minimum Gasteiger partial charge on any atom is -0.756 e. The standard InChI is InChI=1S/C48H94NO8P/c1-6-8-10-12-14-16-18-20-22-23-24-25-27-29-31-33-35-37-39-41-48(51)57-46(45-56-58(52,53)55-43-42-49(3,4)5)44-54-47(50)40-38-36-34-32-30-28-26-21-19-17-15-13-11-9-7-2/h13,15,46H,6-12,14,16-45H2,1-5H3/b15-13+/t46-/m1/s1. The number of esters is 2. The van der Waals surface area contributed by atoms with Gasteiger partial charge in [0.2, 0.25) is 0 Å². The Labute approximate surface area is 358 Å². The molecule has 0 aliphatic heterocycles. The lowest BCUT2D eigenvalue weighted by atomic mass is 10.0. The van der Waals surface area contributed by atoms with Crippen LogP contribution in [0.15, 0.2) is 12.2 Å². The molecular weight excluding hydrogens is 750 g/mol. The fourth-order valence-corrected chi connectivity index (χ4v) is 7.66. The number of hydrogen-bond donors (Lipinski definition) is 0. The monoisotopic (exact) mass is 844 g/mol. The quantitative estimate of drug-likeness (QED) is 0.0196. The topological polar surface area (TPSA) is 111 Å². The van der Waals surface area contributed by atoms with E-state index in [0.29, 0.717) is 17.4 Å². The van der Waals surface area contributed by atoms with Gasteiger partial charge in [-0.15, -0.1) is 0 Å². The highest BCUT2D eigenvalue weighted by atomic mass is 31.2. The maximum absolute atomic E-state index is 12.7. The van der Waals surface area contributed by atoms with Crippen LogP contribution in [0.25, 0.3) is 0 Å². The summed E-state index contributed by atoms with van der Waals surface area (Å²) in [5.74, 6) is -0.823. The van der Waals surface area contributed by atoms with Crippen LogP contribution in [0.5, 0.6) is 0 Å². The molecule has 0 heterocycles. The second kappa shape index (κ2) is 41.1. The summed E-state index contributed by atoms with van der Waals surface area (Å²) in [5, 5.41) is 0. The molecule has 0 aliphatic rings. The van der Waals surface area contributed by atoms with Crippen LogP contribution < -0.4 is 4.89 Å². The van der Waals surface area contributed by atoms with Crippen LogP contribution in [0.2, 0.25) is 0 Å². The minimum absolute atomic E-state index is 0.0276. The highest BCUT2D eigenvalue weighted by molar-refractivity contribution is 7.45. The van der Waals surface area contributed by atoms with Gasteiger partial charge in [-0.25, -0.2) is 0 Å². The van der Waals surface area contributed by atoms with Crippen molar-refractivity contribution in [3.8, 4) is 0 Å². The Morgan fingerprint density at radius 1 is 0.517 bits per heavy atom. The maximum atomic E-state index is 12.7. The van der Waals surface area contributed by atoms with Gasteiger partial charge >= 0.3 is 11.9 Å². The maximum Gasteiger partial charge on any atom is 0.306 e. The van der Waals surface area contributed by atoms with Crippen molar-refractivity contribution < 1.29 is 42.1 Å². The number of carbonyl (C=O) groups is 2. The Balaban J connectivity index is 4.24. The molecule has 0 aromatic carbocycles. The van der Waals surface area contributed by atoms with Gasteiger partial charge < -0.3 is 27.9 Å². The van der Waals surface area contributed by atoms with E-state index in [4.69, 9.17) is 18.5 Å². The third kappa shape index (κ3) is 44.3. The normalized spacial score (nSPS) is 13.6. The van der Waals surface area contributed by atoms with Crippen molar-refractivity contribution in [1.82, 2.24) is 0 Å². The molecule has 1 unspecified atom stereocenters. The third-order valence-electron chi connectivity index (χ3n) is 10.8. The molecular formula is C48H94NO8P. The van der Waals surface area contributed by atoms with Gasteiger partial charge in [-0.2, -0.15) is 0 Å². The predicted molar refractivity (Wildman–Crippen MR) is 241 cm³/mol. The van der Waals surface area contributed by atoms with E-state index in [-0.39, 0.29) is 32.0 Å². The van der Waals surface area contributed by atoms with E-state index < -0.39 is 26.5 Å². The number of phosphoric acid groups is 1. The summed E-state index contributed by atoms with van der Waals surface area (Å²) in [6.07, 6.45) is 43.8. The second-order valence-corrected chi connectivity index (χ2v) is 19.2. The fourth-order valence-electron chi connectivity index (χ4n) is 6.93. The van der Waals surface area contributed by atoms with Gasteiger partial charge in [0.15, 0.2) is 6.10 Å². The van der Waals surface area contributed by atoms with E-state index in [1.807, 2.05) is 21.1 Å². The molecule has 10 heteroatoms. The number of quaternary nitrogens is 1. The summed E-state index contributed by atoms with van der Waals surface area (Å²) >= 11 is 0. The van der Waals surface area contributed by atoms with Crippen molar-refractivity contribution in [3.63, 3.8) is 0 Å². The summed E-state index contributed by atoms with van der Waals surface area (Å²) in [6.45, 7) is 4.24. The first-order valence-electron chi connectivity index (χ1n) is 24.4. The van der Waals surface area contributed by atoms with Crippen LogP contribution in [0.1, 0.15) is 232 Å². The fraction of sp³-hybridized carbons (Fsp3) is 0.917. The summed E-state index contributed by atoms with van der Waals surface area (Å²) in [4.78, 5) is 37.6. The highest BCUT2D eigenvalue weighted by Crippen LogP contribution is 2.38. The van der Waals surface area contributed by atoms with Gasteiger partial charge in [-0.05, 0) is 32.1 Å². The number of ether oxygens (including phenoxy) is 2. The molecule has 0 bridgehead atoms. The average molecular weight is 844 g/mol. The molecule has 0 fully saturated rings. The van der Waals surface area contributed by atoms with Crippen LogP contribution in [-0.2, 0) is 32.7 Å². The zero-order valence-corrected chi connectivity index (χ0v) is 39.7. The van der Waals surface area contributed by atoms with Crippen LogP contribution in [-0.4, -0.2) is 70.0 Å². The van der Waals surface area contributed by atoms with Crippen LogP contribution in [0.4, 0.5) is 0 Å². The number of carbonyl (C=O) groups excluding carboxylic acids is 2. The number of rotatable bonds is 45. The smallest absolute Gasteiger partial charge is 0.306 e. The lowest BCUT2D eigenvalue weighted by Gasteiger charge is -2.28. The number of allylic oxidation sites excluding steroid dienone is 2. The lowest BCUT2D eigenvalue weighted by Crippen LogP contribution is -2.37. The van der Waals surface area contributed by atoms with Gasteiger partial charge in [0.1, 0.15) is 19.8 Å². The van der Waals surface area contributed by atoms with Crippen molar-refractivity contribution in [2.75, 3.05) is 47.5 Å². The van der Waals surface area contributed by atoms with E-state index in [2.05, 4.69) is 26.0 Å². The van der Waals surface area contributed by atoms with Gasteiger partial charge in [-0.3, -0.25) is 14.2 Å². The summed E-state index contributed by atoms with van der Waals surface area (Å²) in [6, 6.07) is 0.